The van der Waals surface area contributed by atoms with Gasteiger partial charge in [0.25, 0.3) is 11.8 Å². The number of amides is 2. The summed E-state index contributed by atoms with van der Waals surface area (Å²) in [7, 11) is 1.14. The largest absolute Gasteiger partial charge is 0.484 e. The van der Waals surface area contributed by atoms with Gasteiger partial charge in [-0.05, 0) is 50.2 Å². The van der Waals surface area contributed by atoms with Gasteiger partial charge in [-0.15, -0.1) is 0 Å². The predicted molar refractivity (Wildman–Crippen MR) is 118 cm³/mol. The van der Waals surface area contributed by atoms with Crippen LogP contribution >= 0.6 is 11.6 Å². The normalized spacial score (nSPS) is 25.9. The summed E-state index contributed by atoms with van der Waals surface area (Å²) in [5, 5.41) is 9.67. The number of alkyl halides is 3. The lowest BCUT2D eigenvalue weighted by molar-refractivity contribution is -0.143. The highest BCUT2D eigenvalue weighted by Crippen LogP contribution is 2.50. The van der Waals surface area contributed by atoms with Crippen molar-refractivity contribution < 1.29 is 31.9 Å². The van der Waals surface area contributed by atoms with E-state index in [1.54, 1.807) is 0 Å². The van der Waals surface area contributed by atoms with Gasteiger partial charge in [-0.1, -0.05) is 18.5 Å². The molecular weight excluding hydrogens is 492 g/mol. The topological polar surface area (TPSA) is 85.3 Å². The van der Waals surface area contributed by atoms with Crippen LogP contribution in [-0.2, 0) is 18.0 Å². The van der Waals surface area contributed by atoms with E-state index in [4.69, 9.17) is 16.3 Å². The molecule has 2 N–H and O–H groups in total. The van der Waals surface area contributed by atoms with Gasteiger partial charge >= 0.3 is 6.18 Å². The van der Waals surface area contributed by atoms with Crippen LogP contribution in [0.4, 0.5) is 17.6 Å². The second-order valence-corrected chi connectivity index (χ2v) is 9.85. The van der Waals surface area contributed by atoms with Crippen LogP contribution in [0.25, 0.3) is 0 Å². The van der Waals surface area contributed by atoms with Crippen molar-refractivity contribution in [2.24, 2.45) is 13.0 Å². The van der Waals surface area contributed by atoms with E-state index in [1.807, 2.05) is 6.92 Å². The molecule has 3 saturated carbocycles. The van der Waals surface area contributed by atoms with Crippen molar-refractivity contribution >= 4 is 23.4 Å². The minimum Gasteiger partial charge on any atom is -0.484 e. The lowest BCUT2D eigenvalue weighted by Gasteiger charge is -2.57. The molecule has 1 aromatic carbocycles. The number of aryl methyl sites for hydroxylation is 1. The Labute approximate surface area is 204 Å². The van der Waals surface area contributed by atoms with Crippen LogP contribution in [0.3, 0.4) is 0 Å². The number of hydrogen-bond acceptors (Lipinski definition) is 4. The first-order valence-electron chi connectivity index (χ1n) is 11.2. The van der Waals surface area contributed by atoms with E-state index in [0.29, 0.717) is 36.8 Å². The molecule has 2 aromatic rings. The number of aromatic nitrogens is 2. The van der Waals surface area contributed by atoms with Crippen molar-refractivity contribution in [3.05, 3.63) is 46.5 Å². The molecule has 0 radical (unpaired) electrons. The van der Waals surface area contributed by atoms with Gasteiger partial charge in [0.1, 0.15) is 17.3 Å². The van der Waals surface area contributed by atoms with Gasteiger partial charge in [-0.3, -0.25) is 14.3 Å². The number of hydrogen-bond donors (Lipinski definition) is 2. The van der Waals surface area contributed by atoms with Crippen molar-refractivity contribution in [1.29, 1.82) is 0 Å². The van der Waals surface area contributed by atoms with Crippen molar-refractivity contribution in [2.45, 2.75) is 56.3 Å². The Hall–Kier alpha value is -2.82. The average molecular weight is 517 g/mol. The van der Waals surface area contributed by atoms with Crippen LogP contribution in [0, 0.1) is 11.7 Å². The van der Waals surface area contributed by atoms with Crippen LogP contribution in [0.15, 0.2) is 24.3 Å². The molecule has 1 heterocycles. The Bertz CT molecular complexity index is 1140. The summed E-state index contributed by atoms with van der Waals surface area (Å²) in [5.41, 5.74) is -2.33. The van der Waals surface area contributed by atoms with Crippen LogP contribution in [0.5, 0.6) is 5.75 Å². The van der Waals surface area contributed by atoms with E-state index in [0.717, 1.165) is 19.2 Å². The minimum atomic E-state index is -4.61. The maximum absolute atomic E-state index is 13.6. The molecule has 2 amide bonds. The molecule has 7 nitrogen and oxygen atoms in total. The Morgan fingerprint density at radius 1 is 1.20 bits per heavy atom. The molecule has 5 rings (SSSR count). The van der Waals surface area contributed by atoms with E-state index in [-0.39, 0.29) is 34.9 Å². The lowest BCUT2D eigenvalue weighted by Crippen LogP contribution is -2.67. The summed E-state index contributed by atoms with van der Waals surface area (Å²) >= 11 is 5.65. The molecule has 0 spiro atoms. The zero-order valence-electron chi connectivity index (χ0n) is 19.1. The van der Waals surface area contributed by atoms with Crippen molar-refractivity contribution in [3.63, 3.8) is 0 Å². The Kier molecular flexibility index (Phi) is 6.50. The van der Waals surface area contributed by atoms with Gasteiger partial charge in [0.15, 0.2) is 12.3 Å². The van der Waals surface area contributed by atoms with E-state index >= 15 is 0 Å². The highest BCUT2D eigenvalue weighted by molar-refractivity contribution is 6.30. The van der Waals surface area contributed by atoms with Crippen molar-refractivity contribution in [1.82, 2.24) is 20.4 Å². The first kappa shape index (κ1) is 25.3. The van der Waals surface area contributed by atoms with Gasteiger partial charge in [-0.25, -0.2) is 4.39 Å². The molecule has 1 atom stereocenters. The summed E-state index contributed by atoms with van der Waals surface area (Å²) in [4.78, 5) is 25.3. The van der Waals surface area contributed by atoms with Gasteiger partial charge in [-0.2, -0.15) is 18.3 Å². The fraction of sp³-hybridized carbons (Fsp3) is 0.522. The zero-order chi connectivity index (χ0) is 25.6. The number of halogens is 5. The highest BCUT2D eigenvalue weighted by atomic mass is 35.5. The van der Waals surface area contributed by atoms with Crippen LogP contribution in [0.2, 0.25) is 5.02 Å². The number of nitrogens with zero attached hydrogens (tertiary/aromatic N) is 2. The summed E-state index contributed by atoms with van der Waals surface area (Å²) in [6, 6.07) is 4.67. The third kappa shape index (κ3) is 5.10. The molecule has 12 heteroatoms. The molecule has 190 valence electrons. The number of rotatable bonds is 6. The molecule has 0 saturated heterocycles. The zero-order valence-corrected chi connectivity index (χ0v) is 19.9. The SMILES string of the molecule is CC1CC2(NC(=O)c3cc(C(F)(F)F)n(C)n3)CCC1(NC(=O)COc1ccc(Cl)c(F)c1)CC2. The molecule has 35 heavy (non-hydrogen) atoms. The summed E-state index contributed by atoms with van der Waals surface area (Å²) in [5.74, 6) is -1.46. The summed E-state index contributed by atoms with van der Waals surface area (Å²) < 4.78 is 58.8. The molecule has 3 aliphatic carbocycles. The fourth-order valence-electron chi connectivity index (χ4n) is 5.25. The number of nitrogens with one attached hydrogen (secondary N) is 2. The monoisotopic (exact) mass is 516 g/mol. The van der Waals surface area contributed by atoms with Crippen molar-refractivity contribution in [2.75, 3.05) is 6.61 Å². The Balaban J connectivity index is 1.36. The molecular formula is C23H25ClF4N4O3. The number of carbonyl (C=O) groups excluding carboxylic acids is 2. The smallest absolute Gasteiger partial charge is 0.433 e. The van der Waals surface area contributed by atoms with E-state index in [1.165, 1.54) is 12.1 Å². The number of ether oxygens (including phenoxy) is 1. The van der Waals surface area contributed by atoms with Gasteiger partial charge < -0.3 is 15.4 Å². The number of benzene rings is 1. The molecule has 2 bridgehead atoms. The third-order valence-corrected chi connectivity index (χ3v) is 7.48. The third-order valence-electron chi connectivity index (χ3n) is 7.17. The molecule has 1 aromatic heterocycles. The number of fused-ring (bicyclic) bond motifs is 3. The second-order valence-electron chi connectivity index (χ2n) is 9.44. The van der Waals surface area contributed by atoms with Crippen LogP contribution < -0.4 is 15.4 Å². The molecule has 0 aliphatic heterocycles. The first-order valence-corrected chi connectivity index (χ1v) is 11.5. The van der Waals surface area contributed by atoms with Crippen LogP contribution in [0.1, 0.15) is 55.2 Å². The second kappa shape index (κ2) is 9.00. The summed E-state index contributed by atoms with van der Waals surface area (Å²) in [6.45, 7) is 1.68. The molecule has 3 fully saturated rings. The van der Waals surface area contributed by atoms with Gasteiger partial charge in [0, 0.05) is 30.3 Å². The molecule has 3 aliphatic rings. The Morgan fingerprint density at radius 2 is 1.89 bits per heavy atom. The standard InChI is InChI=1S/C23H25ClF4N4O3/c1-13-11-21(30-20(34)17-10-18(23(26,27)28)32(2)31-17)5-7-22(13,8-6-21)29-19(33)12-35-14-3-4-15(24)16(25)9-14/h3-4,9-10,13H,5-8,11-12H2,1-2H3,(H,29,33)(H,30,34). The van der Waals surface area contributed by atoms with Crippen molar-refractivity contribution in [3.8, 4) is 5.75 Å². The summed E-state index contributed by atoms with van der Waals surface area (Å²) in [6.07, 6.45) is -1.75. The van der Waals surface area contributed by atoms with E-state index in [2.05, 4.69) is 15.7 Å². The van der Waals surface area contributed by atoms with Crippen LogP contribution in [-0.4, -0.2) is 39.3 Å². The maximum Gasteiger partial charge on any atom is 0.433 e. The number of carbonyl (C=O) groups is 2. The van der Waals surface area contributed by atoms with Gasteiger partial charge in [0.2, 0.25) is 0 Å². The van der Waals surface area contributed by atoms with Gasteiger partial charge in [0.05, 0.1) is 5.02 Å². The predicted octanol–water partition coefficient (Wildman–Crippen LogP) is 4.25. The average Bonchev–Trinajstić information content (AvgIpc) is 3.18. The lowest BCUT2D eigenvalue weighted by atomic mass is 9.56. The fourth-order valence-corrected chi connectivity index (χ4v) is 5.37. The van der Waals surface area contributed by atoms with E-state index < -0.39 is 34.7 Å². The Morgan fingerprint density at radius 3 is 2.46 bits per heavy atom. The highest BCUT2D eigenvalue weighted by Gasteiger charge is 2.54. The minimum absolute atomic E-state index is 0.00306. The first-order chi connectivity index (χ1) is 16.3. The van der Waals surface area contributed by atoms with E-state index in [9.17, 15) is 27.2 Å². The quantitative estimate of drug-likeness (QED) is 0.562. The molecule has 1 unspecified atom stereocenters. The maximum atomic E-state index is 13.6.